The molecule has 5 nitrogen and oxygen atoms in total. The van der Waals surface area contributed by atoms with Crippen LogP contribution in [0.25, 0.3) is 5.57 Å². The average molecular weight is 451 g/mol. The van der Waals surface area contributed by atoms with Crippen molar-refractivity contribution in [3.8, 4) is 5.75 Å². The summed E-state index contributed by atoms with van der Waals surface area (Å²) >= 11 is 6.15. The molecular weight excluding hydrogens is 431 g/mol. The Morgan fingerprint density at radius 2 is 1.72 bits per heavy atom. The van der Waals surface area contributed by atoms with Crippen molar-refractivity contribution in [3.63, 3.8) is 0 Å². The third-order valence-electron chi connectivity index (χ3n) is 5.26. The number of benzene rings is 3. The number of hydrogen-bond acceptors (Lipinski definition) is 4. The molecule has 0 radical (unpaired) electrons. The number of carbonyl (C=O) groups is 2. The Labute approximate surface area is 190 Å². The lowest BCUT2D eigenvalue weighted by Gasteiger charge is -2.16. The minimum Gasteiger partial charge on any atom is -0.496 e. The van der Waals surface area contributed by atoms with E-state index in [1.54, 1.807) is 48.5 Å². The molecule has 7 heteroatoms. The van der Waals surface area contributed by atoms with Gasteiger partial charge in [0.05, 0.1) is 19.2 Å². The quantitative estimate of drug-likeness (QED) is 0.525. The van der Waals surface area contributed by atoms with Gasteiger partial charge < -0.3 is 10.1 Å². The maximum absolute atomic E-state index is 13.5. The number of carbonyl (C=O) groups excluding carboxylic acids is 2. The van der Waals surface area contributed by atoms with Crippen molar-refractivity contribution in [2.75, 3.05) is 12.4 Å². The second-order valence-electron chi connectivity index (χ2n) is 7.36. The van der Waals surface area contributed by atoms with Gasteiger partial charge in [-0.3, -0.25) is 14.5 Å². The van der Waals surface area contributed by atoms with Crippen molar-refractivity contribution in [1.82, 2.24) is 4.90 Å². The Bertz CT molecular complexity index is 1240. The van der Waals surface area contributed by atoms with Gasteiger partial charge in [-0.2, -0.15) is 0 Å². The molecule has 3 aromatic rings. The van der Waals surface area contributed by atoms with E-state index in [9.17, 15) is 14.0 Å². The highest BCUT2D eigenvalue weighted by Crippen LogP contribution is 2.36. The number of methoxy groups -OCH3 is 1. The fourth-order valence-corrected chi connectivity index (χ4v) is 3.74. The molecule has 4 rings (SSSR count). The van der Waals surface area contributed by atoms with Gasteiger partial charge in [0, 0.05) is 16.3 Å². The lowest BCUT2D eigenvalue weighted by molar-refractivity contribution is -0.137. The number of nitrogens with zero attached hydrogens (tertiary/aromatic N) is 1. The van der Waals surface area contributed by atoms with Crippen molar-refractivity contribution in [3.05, 3.63) is 100.0 Å². The summed E-state index contributed by atoms with van der Waals surface area (Å²) in [5, 5.41) is 3.62. The predicted molar refractivity (Wildman–Crippen MR) is 122 cm³/mol. The normalized spacial score (nSPS) is 13.7. The number of aryl methyl sites for hydroxylation is 1. The summed E-state index contributed by atoms with van der Waals surface area (Å²) in [6.45, 7) is 1.88. The van der Waals surface area contributed by atoms with E-state index in [0.29, 0.717) is 27.6 Å². The van der Waals surface area contributed by atoms with E-state index in [0.717, 1.165) is 10.5 Å². The van der Waals surface area contributed by atoms with Crippen LogP contribution < -0.4 is 10.1 Å². The molecule has 0 spiro atoms. The van der Waals surface area contributed by atoms with Crippen LogP contribution in [0.5, 0.6) is 5.75 Å². The maximum Gasteiger partial charge on any atom is 0.278 e. The standard InChI is InChI=1S/C25H20ClFN2O3/c1-15-7-10-17(26)13-20(15)28-23-22(19-5-3-4-6-21(19)32-2)24(30)29(25(23)31)14-16-8-11-18(27)12-9-16/h3-13,28H,14H2,1-2H3. The fraction of sp³-hybridized carbons (Fsp3) is 0.120. The largest absolute Gasteiger partial charge is 0.496 e. The van der Waals surface area contributed by atoms with Gasteiger partial charge in [-0.15, -0.1) is 0 Å². The lowest BCUT2D eigenvalue weighted by Crippen LogP contribution is -2.32. The van der Waals surface area contributed by atoms with Gasteiger partial charge in [0.2, 0.25) is 0 Å². The van der Waals surface area contributed by atoms with Gasteiger partial charge in [0.25, 0.3) is 11.8 Å². The number of nitrogens with one attached hydrogen (secondary N) is 1. The predicted octanol–water partition coefficient (Wildman–Crippen LogP) is 5.19. The second kappa shape index (κ2) is 8.85. The summed E-state index contributed by atoms with van der Waals surface area (Å²) < 4.78 is 18.7. The zero-order chi connectivity index (χ0) is 22.8. The molecule has 0 aliphatic carbocycles. The van der Waals surface area contributed by atoms with Crippen LogP contribution in [0.4, 0.5) is 10.1 Å². The van der Waals surface area contributed by atoms with E-state index in [-0.39, 0.29) is 23.6 Å². The molecule has 162 valence electrons. The van der Waals surface area contributed by atoms with Crippen LogP contribution in [-0.4, -0.2) is 23.8 Å². The van der Waals surface area contributed by atoms with E-state index < -0.39 is 11.8 Å². The summed E-state index contributed by atoms with van der Waals surface area (Å²) in [7, 11) is 1.51. The summed E-state index contributed by atoms with van der Waals surface area (Å²) in [5.41, 5.74) is 2.94. The maximum atomic E-state index is 13.5. The third-order valence-corrected chi connectivity index (χ3v) is 5.49. The van der Waals surface area contributed by atoms with Crippen LogP contribution >= 0.6 is 11.6 Å². The number of imide groups is 1. The van der Waals surface area contributed by atoms with Gasteiger partial charge in [0.15, 0.2) is 0 Å². The molecule has 1 aliphatic heterocycles. The molecular formula is C25H20ClFN2O3. The summed E-state index contributed by atoms with van der Waals surface area (Å²) in [5.74, 6) is -0.876. The summed E-state index contributed by atoms with van der Waals surface area (Å²) in [4.78, 5) is 28.0. The molecule has 2 amide bonds. The van der Waals surface area contributed by atoms with Gasteiger partial charge in [-0.05, 0) is 48.4 Å². The number of amides is 2. The van der Waals surface area contributed by atoms with Crippen molar-refractivity contribution in [2.45, 2.75) is 13.5 Å². The minimum atomic E-state index is -0.486. The molecule has 0 saturated heterocycles. The summed E-state index contributed by atoms with van der Waals surface area (Å²) in [6.07, 6.45) is 0. The Hall–Kier alpha value is -3.64. The highest BCUT2D eigenvalue weighted by Gasteiger charge is 2.40. The molecule has 1 N–H and O–H groups in total. The fourth-order valence-electron chi connectivity index (χ4n) is 3.57. The van der Waals surface area contributed by atoms with Crippen molar-refractivity contribution < 1.29 is 18.7 Å². The number of para-hydroxylation sites is 1. The molecule has 0 fully saturated rings. The Morgan fingerprint density at radius 1 is 1.00 bits per heavy atom. The van der Waals surface area contributed by atoms with Crippen molar-refractivity contribution in [2.24, 2.45) is 0 Å². The zero-order valence-electron chi connectivity index (χ0n) is 17.5. The molecule has 1 aliphatic rings. The molecule has 32 heavy (non-hydrogen) atoms. The van der Waals surface area contributed by atoms with Gasteiger partial charge in [-0.1, -0.05) is 48.0 Å². The number of halogens is 2. The van der Waals surface area contributed by atoms with Crippen molar-refractivity contribution in [1.29, 1.82) is 0 Å². The van der Waals surface area contributed by atoms with Gasteiger partial charge >= 0.3 is 0 Å². The Morgan fingerprint density at radius 3 is 2.44 bits per heavy atom. The molecule has 0 saturated carbocycles. The van der Waals surface area contributed by atoms with Crippen LogP contribution in [0, 0.1) is 12.7 Å². The van der Waals surface area contributed by atoms with E-state index in [1.807, 2.05) is 13.0 Å². The lowest BCUT2D eigenvalue weighted by atomic mass is 10.0. The first-order valence-corrected chi connectivity index (χ1v) is 10.3. The smallest absolute Gasteiger partial charge is 0.278 e. The highest BCUT2D eigenvalue weighted by molar-refractivity contribution is 6.37. The second-order valence-corrected chi connectivity index (χ2v) is 7.79. The molecule has 0 bridgehead atoms. The van der Waals surface area contributed by atoms with Crippen LogP contribution in [0.2, 0.25) is 5.02 Å². The van der Waals surface area contributed by atoms with Crippen LogP contribution in [0.15, 0.2) is 72.4 Å². The molecule has 0 unspecified atom stereocenters. The van der Waals surface area contributed by atoms with Crippen LogP contribution in [-0.2, 0) is 16.1 Å². The number of ether oxygens (including phenoxy) is 1. The average Bonchev–Trinajstić information content (AvgIpc) is 3.01. The van der Waals surface area contributed by atoms with E-state index in [1.165, 1.54) is 19.2 Å². The number of hydrogen-bond donors (Lipinski definition) is 1. The van der Waals surface area contributed by atoms with E-state index >= 15 is 0 Å². The number of rotatable bonds is 6. The number of anilines is 1. The molecule has 0 aromatic heterocycles. The van der Waals surface area contributed by atoms with Crippen LogP contribution in [0.1, 0.15) is 16.7 Å². The monoisotopic (exact) mass is 450 g/mol. The topological polar surface area (TPSA) is 58.6 Å². The molecule has 1 heterocycles. The SMILES string of the molecule is COc1ccccc1C1=C(Nc2cc(Cl)ccc2C)C(=O)N(Cc2ccc(F)cc2)C1=O. The minimum absolute atomic E-state index is 0.0102. The molecule has 3 aromatic carbocycles. The van der Waals surface area contributed by atoms with E-state index in [2.05, 4.69) is 5.32 Å². The first-order valence-electron chi connectivity index (χ1n) is 9.90. The highest BCUT2D eigenvalue weighted by atomic mass is 35.5. The van der Waals surface area contributed by atoms with Crippen molar-refractivity contribution >= 4 is 34.7 Å². The zero-order valence-corrected chi connectivity index (χ0v) is 18.2. The Kier molecular flexibility index (Phi) is 5.97. The van der Waals surface area contributed by atoms with Crippen LogP contribution in [0.3, 0.4) is 0 Å². The van der Waals surface area contributed by atoms with Gasteiger partial charge in [0.1, 0.15) is 17.3 Å². The van der Waals surface area contributed by atoms with Gasteiger partial charge in [-0.25, -0.2) is 4.39 Å². The summed E-state index contributed by atoms with van der Waals surface area (Å²) in [6, 6.07) is 18.0. The molecule has 0 atom stereocenters. The van der Waals surface area contributed by atoms with E-state index in [4.69, 9.17) is 16.3 Å². The third kappa shape index (κ3) is 4.09. The first kappa shape index (κ1) is 21.6. The first-order chi connectivity index (χ1) is 15.4. The Balaban J connectivity index is 1.80.